The molecule has 96 valence electrons. The second-order valence-electron chi connectivity index (χ2n) is 5.13. The molecule has 2 rings (SSSR count). The van der Waals surface area contributed by atoms with Gasteiger partial charge < -0.3 is 5.11 Å². The van der Waals surface area contributed by atoms with Gasteiger partial charge >= 0.3 is 5.97 Å². The average molecular weight is 246 g/mol. The van der Waals surface area contributed by atoms with E-state index in [4.69, 9.17) is 5.11 Å². The minimum atomic E-state index is -0.755. The Morgan fingerprint density at radius 2 is 2.11 bits per heavy atom. The Morgan fingerprint density at radius 1 is 1.33 bits per heavy atom. The minimum absolute atomic E-state index is 0.00973. The Morgan fingerprint density at radius 3 is 2.78 bits per heavy atom. The molecule has 1 aliphatic carbocycles. The lowest BCUT2D eigenvalue weighted by Crippen LogP contribution is -2.20. The lowest BCUT2D eigenvalue weighted by Gasteiger charge is -2.14. The van der Waals surface area contributed by atoms with Crippen molar-refractivity contribution in [1.82, 2.24) is 0 Å². The van der Waals surface area contributed by atoms with E-state index in [0.717, 1.165) is 18.4 Å². The minimum Gasteiger partial charge on any atom is -0.481 e. The van der Waals surface area contributed by atoms with Crippen LogP contribution in [0.1, 0.15) is 41.6 Å². The van der Waals surface area contributed by atoms with Gasteiger partial charge in [-0.25, -0.2) is 0 Å². The molecule has 0 aliphatic heterocycles. The van der Waals surface area contributed by atoms with Crippen molar-refractivity contribution in [1.29, 1.82) is 0 Å². The van der Waals surface area contributed by atoms with Crippen LogP contribution in [0.4, 0.5) is 0 Å². The van der Waals surface area contributed by atoms with Gasteiger partial charge in [-0.1, -0.05) is 30.2 Å². The first-order valence-electron chi connectivity index (χ1n) is 6.40. The van der Waals surface area contributed by atoms with Crippen molar-refractivity contribution in [3.05, 3.63) is 35.4 Å². The predicted molar refractivity (Wildman–Crippen MR) is 68.6 cm³/mol. The van der Waals surface area contributed by atoms with Crippen LogP contribution in [0.2, 0.25) is 0 Å². The van der Waals surface area contributed by atoms with Gasteiger partial charge in [-0.15, -0.1) is 0 Å². The van der Waals surface area contributed by atoms with E-state index in [1.54, 1.807) is 6.07 Å². The molecular weight excluding hydrogens is 228 g/mol. The van der Waals surface area contributed by atoms with Gasteiger partial charge in [0.1, 0.15) is 0 Å². The monoisotopic (exact) mass is 246 g/mol. The maximum Gasteiger partial charge on any atom is 0.306 e. The van der Waals surface area contributed by atoms with Gasteiger partial charge in [-0.05, 0) is 31.7 Å². The molecule has 0 unspecified atom stereocenters. The maximum absolute atomic E-state index is 12.1. The van der Waals surface area contributed by atoms with E-state index in [0.29, 0.717) is 18.4 Å². The maximum atomic E-state index is 12.1. The van der Waals surface area contributed by atoms with Crippen LogP contribution in [0.15, 0.2) is 24.3 Å². The zero-order chi connectivity index (χ0) is 13.1. The Bertz CT molecular complexity index is 465. The molecule has 0 bridgehead atoms. The molecule has 1 saturated carbocycles. The smallest absolute Gasteiger partial charge is 0.306 e. The molecule has 1 aromatic carbocycles. The van der Waals surface area contributed by atoms with E-state index in [2.05, 4.69) is 0 Å². The number of carboxylic acid groups (broad SMARTS) is 1. The first-order valence-corrected chi connectivity index (χ1v) is 6.40. The Labute approximate surface area is 107 Å². The fourth-order valence-electron chi connectivity index (χ4n) is 2.78. The molecule has 1 N–H and O–H groups in total. The second-order valence-corrected chi connectivity index (χ2v) is 5.13. The molecule has 3 heteroatoms. The topological polar surface area (TPSA) is 54.4 Å². The summed E-state index contributed by atoms with van der Waals surface area (Å²) >= 11 is 0. The molecule has 0 saturated heterocycles. The van der Waals surface area contributed by atoms with Crippen LogP contribution in [0.25, 0.3) is 0 Å². The van der Waals surface area contributed by atoms with Crippen molar-refractivity contribution < 1.29 is 14.7 Å². The number of carbonyl (C=O) groups excluding carboxylic acids is 1. The highest BCUT2D eigenvalue weighted by molar-refractivity contribution is 5.96. The fraction of sp³-hybridized carbons (Fsp3) is 0.467. The highest BCUT2D eigenvalue weighted by Gasteiger charge is 2.34. The summed E-state index contributed by atoms with van der Waals surface area (Å²) in [7, 11) is 0. The standard InChI is InChI=1S/C15H18O3/c1-10-4-2-6-12(8-10)14(16)9-11-5-3-7-13(11)15(17)18/h2,4,6,8,11,13H,3,5,7,9H2,1H3,(H,17,18)/t11-,13+/m0/s1. The number of hydrogen-bond acceptors (Lipinski definition) is 2. The molecule has 3 nitrogen and oxygen atoms in total. The van der Waals surface area contributed by atoms with E-state index < -0.39 is 5.97 Å². The summed E-state index contributed by atoms with van der Waals surface area (Å²) in [5.41, 5.74) is 1.76. The zero-order valence-electron chi connectivity index (χ0n) is 10.6. The fourth-order valence-corrected chi connectivity index (χ4v) is 2.78. The third kappa shape index (κ3) is 2.78. The summed E-state index contributed by atoms with van der Waals surface area (Å²) in [5, 5.41) is 9.10. The van der Waals surface area contributed by atoms with Crippen LogP contribution in [0.3, 0.4) is 0 Å². The molecule has 0 spiro atoms. The van der Waals surface area contributed by atoms with Crippen molar-refractivity contribution in [3.63, 3.8) is 0 Å². The summed E-state index contributed by atoms with van der Waals surface area (Å²) in [6.45, 7) is 1.95. The number of rotatable bonds is 4. The van der Waals surface area contributed by atoms with E-state index in [-0.39, 0.29) is 17.6 Å². The first-order chi connectivity index (χ1) is 8.58. The molecule has 0 amide bonds. The van der Waals surface area contributed by atoms with E-state index >= 15 is 0 Å². The molecule has 1 fully saturated rings. The normalized spacial score (nSPS) is 22.9. The van der Waals surface area contributed by atoms with Gasteiger partial charge in [0, 0.05) is 12.0 Å². The number of benzene rings is 1. The lowest BCUT2D eigenvalue weighted by atomic mass is 9.89. The molecule has 1 aromatic rings. The number of Topliss-reactive ketones (excluding diaryl/α,β-unsaturated/α-hetero) is 1. The summed E-state index contributed by atoms with van der Waals surface area (Å²) in [6, 6.07) is 7.49. The van der Waals surface area contributed by atoms with Gasteiger partial charge in [0.2, 0.25) is 0 Å². The van der Waals surface area contributed by atoms with E-state index in [9.17, 15) is 9.59 Å². The number of hydrogen-bond donors (Lipinski definition) is 1. The molecule has 18 heavy (non-hydrogen) atoms. The van der Waals surface area contributed by atoms with Crippen LogP contribution in [0, 0.1) is 18.8 Å². The van der Waals surface area contributed by atoms with Crippen molar-refractivity contribution in [2.45, 2.75) is 32.6 Å². The van der Waals surface area contributed by atoms with Crippen molar-refractivity contribution in [3.8, 4) is 0 Å². The summed E-state index contributed by atoms with van der Waals surface area (Å²) in [5.74, 6) is -1.01. The largest absolute Gasteiger partial charge is 0.481 e. The summed E-state index contributed by atoms with van der Waals surface area (Å²) in [4.78, 5) is 23.2. The van der Waals surface area contributed by atoms with Gasteiger partial charge in [0.05, 0.1) is 5.92 Å². The van der Waals surface area contributed by atoms with Crippen LogP contribution >= 0.6 is 0 Å². The van der Waals surface area contributed by atoms with E-state index in [1.807, 2.05) is 25.1 Å². The van der Waals surface area contributed by atoms with Gasteiger partial charge in [0.25, 0.3) is 0 Å². The molecule has 0 heterocycles. The number of aryl methyl sites for hydroxylation is 1. The number of carboxylic acids is 1. The van der Waals surface area contributed by atoms with Gasteiger partial charge in [-0.3, -0.25) is 9.59 Å². The van der Waals surface area contributed by atoms with Crippen molar-refractivity contribution >= 4 is 11.8 Å². The third-order valence-corrected chi connectivity index (χ3v) is 3.76. The molecule has 0 radical (unpaired) electrons. The zero-order valence-corrected chi connectivity index (χ0v) is 10.6. The SMILES string of the molecule is Cc1cccc(C(=O)C[C@@H]2CCC[C@H]2C(=O)O)c1. The third-order valence-electron chi connectivity index (χ3n) is 3.76. The molecule has 0 aromatic heterocycles. The summed E-state index contributed by atoms with van der Waals surface area (Å²) < 4.78 is 0. The highest BCUT2D eigenvalue weighted by Crippen LogP contribution is 2.35. The van der Waals surface area contributed by atoms with Gasteiger partial charge in [0.15, 0.2) is 5.78 Å². The average Bonchev–Trinajstić information content (AvgIpc) is 2.77. The lowest BCUT2D eigenvalue weighted by molar-refractivity contribution is -0.142. The number of carbonyl (C=O) groups is 2. The van der Waals surface area contributed by atoms with Crippen LogP contribution in [-0.4, -0.2) is 16.9 Å². The Kier molecular flexibility index (Phi) is 3.80. The quantitative estimate of drug-likeness (QED) is 0.831. The number of ketones is 1. The van der Waals surface area contributed by atoms with Crippen LogP contribution in [0.5, 0.6) is 0 Å². The second kappa shape index (κ2) is 5.34. The Balaban J connectivity index is 2.05. The Hall–Kier alpha value is -1.64. The van der Waals surface area contributed by atoms with Gasteiger partial charge in [-0.2, -0.15) is 0 Å². The first kappa shape index (κ1) is 12.8. The van der Waals surface area contributed by atoms with Crippen LogP contribution < -0.4 is 0 Å². The number of aliphatic carboxylic acids is 1. The van der Waals surface area contributed by atoms with Crippen molar-refractivity contribution in [2.24, 2.45) is 11.8 Å². The molecule has 1 aliphatic rings. The van der Waals surface area contributed by atoms with Crippen molar-refractivity contribution in [2.75, 3.05) is 0 Å². The molecular formula is C15H18O3. The highest BCUT2D eigenvalue weighted by atomic mass is 16.4. The predicted octanol–water partition coefficient (Wildman–Crippen LogP) is 3.07. The van der Waals surface area contributed by atoms with Crippen LogP contribution in [-0.2, 0) is 4.79 Å². The van der Waals surface area contributed by atoms with E-state index in [1.165, 1.54) is 0 Å². The summed E-state index contributed by atoms with van der Waals surface area (Å²) in [6.07, 6.45) is 2.85. The molecule has 2 atom stereocenters.